The molecule has 16 heavy (non-hydrogen) atoms. The van der Waals surface area contributed by atoms with Crippen molar-refractivity contribution in [3.63, 3.8) is 0 Å². The molecule has 1 heterocycles. The second-order valence-electron chi connectivity index (χ2n) is 4.43. The van der Waals surface area contributed by atoms with Crippen LogP contribution >= 0.6 is 0 Å². The summed E-state index contributed by atoms with van der Waals surface area (Å²) in [6, 6.07) is 8.86. The van der Waals surface area contributed by atoms with E-state index in [1.54, 1.807) is 0 Å². The summed E-state index contributed by atoms with van der Waals surface area (Å²) >= 11 is 0. The van der Waals surface area contributed by atoms with Crippen molar-refractivity contribution < 1.29 is 0 Å². The van der Waals surface area contributed by atoms with Gasteiger partial charge >= 0.3 is 0 Å². The number of hydrogen-bond donors (Lipinski definition) is 2. The Balaban J connectivity index is 2.13. The first-order chi connectivity index (χ1) is 7.81. The monoisotopic (exact) mass is 219 g/mol. The molecule has 0 aliphatic carbocycles. The fourth-order valence-corrected chi connectivity index (χ4v) is 2.36. The maximum Gasteiger partial charge on any atom is 0.0415 e. The molecule has 1 aliphatic rings. The summed E-state index contributed by atoms with van der Waals surface area (Å²) in [5.74, 6) is 0. The summed E-state index contributed by atoms with van der Waals surface area (Å²) in [6.45, 7) is 5.51. The number of hydrogen-bond acceptors (Lipinski definition) is 3. The third-order valence-electron chi connectivity index (χ3n) is 3.20. The summed E-state index contributed by atoms with van der Waals surface area (Å²) in [4.78, 5) is 2.50. The molecule has 2 rings (SSSR count). The van der Waals surface area contributed by atoms with Gasteiger partial charge in [-0.3, -0.25) is 0 Å². The minimum Gasteiger partial charge on any atom is -0.399 e. The Morgan fingerprint density at radius 3 is 2.81 bits per heavy atom. The Bertz CT molecular complexity index is 318. The Morgan fingerprint density at radius 1 is 1.38 bits per heavy atom. The number of nitrogen functional groups attached to an aromatic ring is 1. The highest BCUT2D eigenvalue weighted by Crippen LogP contribution is 2.21. The standard InChI is InChI=1S/C13H21N3/c1-2-3-13-10-15-8-9-16(13)12-6-4-11(14)5-7-12/h4-7,13,15H,2-3,8-10,14H2,1H3. The maximum atomic E-state index is 5.72. The summed E-state index contributed by atoms with van der Waals surface area (Å²) in [6.07, 6.45) is 2.48. The van der Waals surface area contributed by atoms with Crippen LogP contribution in [-0.4, -0.2) is 25.7 Å². The van der Waals surface area contributed by atoms with Crippen LogP contribution in [0.25, 0.3) is 0 Å². The fraction of sp³-hybridized carbons (Fsp3) is 0.538. The molecule has 0 radical (unpaired) electrons. The second kappa shape index (κ2) is 5.21. The van der Waals surface area contributed by atoms with Gasteiger partial charge in [0.25, 0.3) is 0 Å². The highest BCUT2D eigenvalue weighted by molar-refractivity contribution is 5.54. The molecule has 1 saturated heterocycles. The zero-order valence-electron chi connectivity index (χ0n) is 9.95. The first kappa shape index (κ1) is 11.3. The van der Waals surface area contributed by atoms with Gasteiger partial charge < -0.3 is 16.0 Å². The van der Waals surface area contributed by atoms with Crippen molar-refractivity contribution in [3.8, 4) is 0 Å². The van der Waals surface area contributed by atoms with Crippen LogP contribution in [-0.2, 0) is 0 Å². The lowest BCUT2D eigenvalue weighted by Gasteiger charge is -2.38. The lowest BCUT2D eigenvalue weighted by molar-refractivity contribution is 0.451. The normalized spacial score (nSPS) is 21.1. The molecule has 3 N–H and O–H groups in total. The predicted octanol–water partition coefficient (Wildman–Crippen LogP) is 1.85. The van der Waals surface area contributed by atoms with Crippen molar-refractivity contribution in [2.75, 3.05) is 30.3 Å². The molecule has 3 nitrogen and oxygen atoms in total. The lowest BCUT2D eigenvalue weighted by Crippen LogP contribution is -2.51. The van der Waals surface area contributed by atoms with E-state index >= 15 is 0 Å². The van der Waals surface area contributed by atoms with Gasteiger partial charge in [0.2, 0.25) is 0 Å². The van der Waals surface area contributed by atoms with E-state index in [9.17, 15) is 0 Å². The average Bonchev–Trinajstić information content (AvgIpc) is 2.32. The van der Waals surface area contributed by atoms with Crippen LogP contribution in [0.1, 0.15) is 19.8 Å². The van der Waals surface area contributed by atoms with Gasteiger partial charge in [0, 0.05) is 37.1 Å². The summed E-state index contributed by atoms with van der Waals surface area (Å²) in [5, 5.41) is 3.46. The van der Waals surface area contributed by atoms with E-state index in [-0.39, 0.29) is 0 Å². The van der Waals surface area contributed by atoms with Crippen LogP contribution in [0, 0.1) is 0 Å². The van der Waals surface area contributed by atoms with E-state index in [1.165, 1.54) is 18.5 Å². The second-order valence-corrected chi connectivity index (χ2v) is 4.43. The van der Waals surface area contributed by atoms with Gasteiger partial charge in [0.1, 0.15) is 0 Å². The molecule has 0 amide bonds. The molecule has 3 heteroatoms. The van der Waals surface area contributed by atoms with E-state index < -0.39 is 0 Å². The topological polar surface area (TPSA) is 41.3 Å². The van der Waals surface area contributed by atoms with Gasteiger partial charge in [0.15, 0.2) is 0 Å². The number of anilines is 2. The molecule has 0 bridgehead atoms. The molecule has 1 atom stereocenters. The highest BCUT2D eigenvalue weighted by Gasteiger charge is 2.21. The van der Waals surface area contributed by atoms with Crippen molar-refractivity contribution in [3.05, 3.63) is 24.3 Å². The number of piperazine rings is 1. The molecule has 1 fully saturated rings. The van der Waals surface area contributed by atoms with Crippen LogP contribution in [0.3, 0.4) is 0 Å². The van der Waals surface area contributed by atoms with Crippen LogP contribution in [0.4, 0.5) is 11.4 Å². The number of nitrogens with two attached hydrogens (primary N) is 1. The Morgan fingerprint density at radius 2 is 2.12 bits per heavy atom. The van der Waals surface area contributed by atoms with Crippen molar-refractivity contribution in [2.24, 2.45) is 0 Å². The lowest BCUT2D eigenvalue weighted by atomic mass is 10.1. The number of rotatable bonds is 3. The Labute approximate surface area is 97.6 Å². The molecular weight excluding hydrogens is 198 g/mol. The largest absolute Gasteiger partial charge is 0.399 e. The molecule has 1 unspecified atom stereocenters. The van der Waals surface area contributed by atoms with Crippen molar-refractivity contribution in [2.45, 2.75) is 25.8 Å². The van der Waals surface area contributed by atoms with Crippen LogP contribution in [0.15, 0.2) is 24.3 Å². The molecule has 88 valence electrons. The van der Waals surface area contributed by atoms with Gasteiger partial charge in [-0.25, -0.2) is 0 Å². The average molecular weight is 219 g/mol. The summed E-state index contributed by atoms with van der Waals surface area (Å²) < 4.78 is 0. The molecule has 1 aromatic carbocycles. The van der Waals surface area contributed by atoms with Crippen molar-refractivity contribution >= 4 is 11.4 Å². The van der Waals surface area contributed by atoms with E-state index in [0.29, 0.717) is 6.04 Å². The van der Waals surface area contributed by atoms with Crippen molar-refractivity contribution in [1.82, 2.24) is 5.32 Å². The number of nitrogens with zero attached hydrogens (tertiary/aromatic N) is 1. The zero-order chi connectivity index (χ0) is 11.4. The van der Waals surface area contributed by atoms with Crippen molar-refractivity contribution in [1.29, 1.82) is 0 Å². The predicted molar refractivity (Wildman–Crippen MR) is 69.8 cm³/mol. The molecule has 1 aromatic rings. The third kappa shape index (κ3) is 2.47. The molecule has 1 aliphatic heterocycles. The quantitative estimate of drug-likeness (QED) is 0.762. The van der Waals surface area contributed by atoms with Gasteiger partial charge in [-0.2, -0.15) is 0 Å². The van der Waals surface area contributed by atoms with E-state index in [0.717, 1.165) is 25.3 Å². The van der Waals surface area contributed by atoms with Crippen LogP contribution in [0.5, 0.6) is 0 Å². The Hall–Kier alpha value is -1.22. The minimum atomic E-state index is 0.627. The fourth-order valence-electron chi connectivity index (χ4n) is 2.36. The highest BCUT2D eigenvalue weighted by atomic mass is 15.2. The summed E-state index contributed by atoms with van der Waals surface area (Å²) in [7, 11) is 0. The number of nitrogens with one attached hydrogen (secondary N) is 1. The zero-order valence-corrected chi connectivity index (χ0v) is 9.95. The first-order valence-electron chi connectivity index (χ1n) is 6.14. The molecule has 0 saturated carbocycles. The Kier molecular flexibility index (Phi) is 3.67. The van der Waals surface area contributed by atoms with Crippen LogP contribution < -0.4 is 16.0 Å². The van der Waals surface area contributed by atoms with E-state index in [1.807, 2.05) is 12.1 Å². The molecule has 0 aromatic heterocycles. The molecule has 0 spiro atoms. The smallest absolute Gasteiger partial charge is 0.0415 e. The van der Waals surface area contributed by atoms with Gasteiger partial charge in [-0.05, 0) is 30.7 Å². The van der Waals surface area contributed by atoms with Gasteiger partial charge in [-0.15, -0.1) is 0 Å². The first-order valence-corrected chi connectivity index (χ1v) is 6.14. The van der Waals surface area contributed by atoms with Gasteiger partial charge in [0.05, 0.1) is 0 Å². The maximum absolute atomic E-state index is 5.72. The van der Waals surface area contributed by atoms with E-state index in [2.05, 4.69) is 29.3 Å². The SMILES string of the molecule is CCCC1CNCCN1c1ccc(N)cc1. The minimum absolute atomic E-state index is 0.627. The number of benzene rings is 1. The third-order valence-corrected chi connectivity index (χ3v) is 3.20. The van der Waals surface area contributed by atoms with Crippen LogP contribution in [0.2, 0.25) is 0 Å². The van der Waals surface area contributed by atoms with Gasteiger partial charge in [-0.1, -0.05) is 13.3 Å². The molecular formula is C13H21N3. The summed E-state index contributed by atoms with van der Waals surface area (Å²) in [5.41, 5.74) is 7.86. The van der Waals surface area contributed by atoms with E-state index in [4.69, 9.17) is 5.73 Å².